The van der Waals surface area contributed by atoms with E-state index in [1.165, 1.54) is 0 Å². The van der Waals surface area contributed by atoms with Gasteiger partial charge in [-0.05, 0) is 24.3 Å². The Hall–Kier alpha value is -1.58. The number of ether oxygens (including phenoxy) is 1. The Bertz CT molecular complexity index is 375. The standard InChI is InChI=1S/C14H18FNO2/c15-10-12-6-8-16(9-7-12)14(17)18-11-13-4-2-1-3-5-13/h1-5,12H,6-11H2. The van der Waals surface area contributed by atoms with Crippen LogP contribution in [0.25, 0.3) is 0 Å². The number of carbonyl (C=O) groups is 1. The zero-order valence-electron chi connectivity index (χ0n) is 10.3. The quantitative estimate of drug-likeness (QED) is 0.826. The highest BCUT2D eigenvalue weighted by atomic mass is 19.1. The van der Waals surface area contributed by atoms with E-state index in [0.717, 1.165) is 18.4 Å². The molecule has 1 saturated heterocycles. The Morgan fingerprint density at radius 3 is 2.56 bits per heavy atom. The lowest BCUT2D eigenvalue weighted by Gasteiger charge is -2.29. The molecule has 98 valence electrons. The number of halogens is 1. The number of alkyl halides is 1. The number of likely N-dealkylation sites (tertiary alicyclic amines) is 1. The molecular weight excluding hydrogens is 233 g/mol. The lowest BCUT2D eigenvalue weighted by Crippen LogP contribution is -2.39. The molecule has 0 atom stereocenters. The number of hydrogen-bond acceptors (Lipinski definition) is 2. The molecule has 0 radical (unpaired) electrons. The van der Waals surface area contributed by atoms with Crippen LogP contribution in [0.4, 0.5) is 9.18 Å². The van der Waals surface area contributed by atoms with Crippen molar-refractivity contribution in [3.8, 4) is 0 Å². The molecule has 3 nitrogen and oxygen atoms in total. The molecule has 1 amide bonds. The topological polar surface area (TPSA) is 29.5 Å². The summed E-state index contributed by atoms with van der Waals surface area (Å²) >= 11 is 0. The maximum absolute atomic E-state index is 12.4. The summed E-state index contributed by atoms with van der Waals surface area (Å²) in [4.78, 5) is 13.4. The molecule has 1 aliphatic heterocycles. The highest BCUT2D eigenvalue weighted by Gasteiger charge is 2.23. The Morgan fingerprint density at radius 2 is 1.94 bits per heavy atom. The molecule has 0 spiro atoms. The summed E-state index contributed by atoms with van der Waals surface area (Å²) in [5.41, 5.74) is 0.976. The number of hydrogen-bond donors (Lipinski definition) is 0. The van der Waals surface area contributed by atoms with E-state index in [0.29, 0.717) is 19.7 Å². The van der Waals surface area contributed by atoms with Gasteiger partial charge in [-0.1, -0.05) is 30.3 Å². The lowest BCUT2D eigenvalue weighted by molar-refractivity contribution is 0.0796. The fourth-order valence-corrected chi connectivity index (χ4v) is 2.08. The van der Waals surface area contributed by atoms with Crippen LogP contribution in [0.3, 0.4) is 0 Å². The number of piperidine rings is 1. The van der Waals surface area contributed by atoms with Crippen LogP contribution in [0.2, 0.25) is 0 Å². The minimum absolute atomic E-state index is 0.114. The van der Waals surface area contributed by atoms with E-state index in [1.54, 1.807) is 4.90 Å². The van der Waals surface area contributed by atoms with Crippen LogP contribution in [-0.2, 0) is 11.3 Å². The van der Waals surface area contributed by atoms with E-state index < -0.39 is 0 Å². The molecule has 2 rings (SSSR count). The van der Waals surface area contributed by atoms with E-state index in [2.05, 4.69) is 0 Å². The summed E-state index contributed by atoms with van der Waals surface area (Å²) in [6, 6.07) is 9.59. The van der Waals surface area contributed by atoms with Gasteiger partial charge in [0.15, 0.2) is 0 Å². The summed E-state index contributed by atoms with van der Waals surface area (Å²) in [5.74, 6) is 0.114. The molecule has 0 saturated carbocycles. The number of amides is 1. The van der Waals surface area contributed by atoms with Gasteiger partial charge >= 0.3 is 6.09 Å². The Kier molecular flexibility index (Phi) is 4.56. The molecule has 0 unspecified atom stereocenters. The highest BCUT2D eigenvalue weighted by molar-refractivity contribution is 5.67. The number of rotatable bonds is 3. The average Bonchev–Trinajstić information content (AvgIpc) is 2.46. The molecule has 0 N–H and O–H groups in total. The second-order valence-electron chi connectivity index (χ2n) is 4.62. The van der Waals surface area contributed by atoms with E-state index in [4.69, 9.17) is 4.74 Å². The Labute approximate surface area is 107 Å². The van der Waals surface area contributed by atoms with Crippen LogP contribution < -0.4 is 0 Å². The molecule has 1 aliphatic rings. The summed E-state index contributed by atoms with van der Waals surface area (Å²) in [5, 5.41) is 0. The first-order valence-electron chi connectivity index (χ1n) is 6.31. The fourth-order valence-electron chi connectivity index (χ4n) is 2.08. The van der Waals surface area contributed by atoms with Gasteiger partial charge in [-0.2, -0.15) is 0 Å². The predicted molar refractivity (Wildman–Crippen MR) is 66.9 cm³/mol. The largest absolute Gasteiger partial charge is 0.445 e. The summed E-state index contributed by atoms with van der Waals surface area (Å²) in [6.07, 6.45) is 1.17. The first-order valence-corrected chi connectivity index (χ1v) is 6.31. The SMILES string of the molecule is O=C(OCc1ccccc1)N1CCC(CF)CC1. The number of nitrogens with zero attached hydrogens (tertiary/aromatic N) is 1. The molecule has 1 aromatic rings. The lowest BCUT2D eigenvalue weighted by atomic mass is 9.99. The van der Waals surface area contributed by atoms with Crippen molar-refractivity contribution in [1.29, 1.82) is 0 Å². The summed E-state index contributed by atoms with van der Waals surface area (Å²) < 4.78 is 17.7. The Morgan fingerprint density at radius 1 is 1.28 bits per heavy atom. The smallest absolute Gasteiger partial charge is 0.410 e. The van der Waals surface area contributed by atoms with E-state index in [-0.39, 0.29) is 18.7 Å². The maximum Gasteiger partial charge on any atom is 0.410 e. The van der Waals surface area contributed by atoms with Crippen LogP contribution in [0, 0.1) is 5.92 Å². The van der Waals surface area contributed by atoms with Gasteiger partial charge in [0, 0.05) is 13.1 Å². The third-order valence-electron chi connectivity index (χ3n) is 3.30. The van der Waals surface area contributed by atoms with Crippen molar-refractivity contribution >= 4 is 6.09 Å². The monoisotopic (exact) mass is 251 g/mol. The molecule has 18 heavy (non-hydrogen) atoms. The molecule has 0 aromatic heterocycles. The van der Waals surface area contributed by atoms with Gasteiger partial charge in [0.05, 0.1) is 6.67 Å². The maximum atomic E-state index is 12.4. The third-order valence-corrected chi connectivity index (χ3v) is 3.30. The average molecular weight is 251 g/mol. The van der Waals surface area contributed by atoms with Gasteiger partial charge in [0.25, 0.3) is 0 Å². The number of carbonyl (C=O) groups excluding carboxylic acids is 1. The van der Waals surface area contributed by atoms with E-state index in [9.17, 15) is 9.18 Å². The molecule has 1 aromatic carbocycles. The summed E-state index contributed by atoms with van der Waals surface area (Å²) in [6.45, 7) is 1.21. The second kappa shape index (κ2) is 6.38. The molecule has 4 heteroatoms. The van der Waals surface area contributed by atoms with Gasteiger partial charge in [0.2, 0.25) is 0 Å². The van der Waals surface area contributed by atoms with Crippen LogP contribution in [-0.4, -0.2) is 30.8 Å². The van der Waals surface area contributed by atoms with Crippen LogP contribution >= 0.6 is 0 Å². The van der Waals surface area contributed by atoms with Gasteiger partial charge in [-0.25, -0.2) is 4.79 Å². The first-order chi connectivity index (χ1) is 8.79. The van der Waals surface area contributed by atoms with Crippen molar-refractivity contribution < 1.29 is 13.9 Å². The zero-order chi connectivity index (χ0) is 12.8. The minimum atomic E-state index is -0.295. The van der Waals surface area contributed by atoms with Crippen LogP contribution in [0.1, 0.15) is 18.4 Å². The molecular formula is C14H18FNO2. The Balaban J connectivity index is 1.75. The molecule has 1 heterocycles. The van der Waals surface area contributed by atoms with Crippen molar-refractivity contribution in [1.82, 2.24) is 4.90 Å². The first kappa shape index (κ1) is 12.9. The van der Waals surface area contributed by atoms with Gasteiger partial charge in [-0.3, -0.25) is 4.39 Å². The second-order valence-corrected chi connectivity index (χ2v) is 4.62. The van der Waals surface area contributed by atoms with E-state index >= 15 is 0 Å². The third kappa shape index (κ3) is 3.45. The van der Waals surface area contributed by atoms with Crippen molar-refractivity contribution in [2.75, 3.05) is 19.8 Å². The molecule has 1 fully saturated rings. The van der Waals surface area contributed by atoms with Crippen LogP contribution in [0.5, 0.6) is 0 Å². The van der Waals surface area contributed by atoms with Gasteiger partial charge in [-0.15, -0.1) is 0 Å². The van der Waals surface area contributed by atoms with Crippen molar-refractivity contribution in [3.05, 3.63) is 35.9 Å². The summed E-state index contributed by atoms with van der Waals surface area (Å²) in [7, 11) is 0. The van der Waals surface area contributed by atoms with Crippen molar-refractivity contribution in [2.45, 2.75) is 19.4 Å². The normalized spacial score (nSPS) is 16.6. The predicted octanol–water partition coefficient (Wildman–Crippen LogP) is 3.00. The number of benzene rings is 1. The zero-order valence-corrected chi connectivity index (χ0v) is 10.3. The van der Waals surface area contributed by atoms with E-state index in [1.807, 2.05) is 30.3 Å². The fraction of sp³-hybridized carbons (Fsp3) is 0.500. The molecule has 0 aliphatic carbocycles. The minimum Gasteiger partial charge on any atom is -0.445 e. The van der Waals surface area contributed by atoms with Gasteiger partial charge in [0.1, 0.15) is 6.61 Å². The van der Waals surface area contributed by atoms with Crippen molar-refractivity contribution in [2.24, 2.45) is 5.92 Å². The van der Waals surface area contributed by atoms with Crippen LogP contribution in [0.15, 0.2) is 30.3 Å². The van der Waals surface area contributed by atoms with Gasteiger partial charge < -0.3 is 9.64 Å². The molecule has 0 bridgehead atoms. The highest BCUT2D eigenvalue weighted by Crippen LogP contribution is 2.18. The van der Waals surface area contributed by atoms with Crippen molar-refractivity contribution in [3.63, 3.8) is 0 Å².